The van der Waals surface area contributed by atoms with Crippen LogP contribution in [-0.2, 0) is 0 Å². The molecule has 2 aromatic heterocycles. The lowest BCUT2D eigenvalue weighted by Gasteiger charge is -2.12. The van der Waals surface area contributed by atoms with Gasteiger partial charge in [-0.25, -0.2) is 4.98 Å². The number of hydrogen-bond donors (Lipinski definition) is 1. The number of furan rings is 1. The van der Waals surface area contributed by atoms with Crippen molar-refractivity contribution in [1.82, 2.24) is 4.98 Å². The Balaban J connectivity index is 1.39. The fraction of sp³-hybridized carbons (Fsp3) is 0.111. The van der Waals surface area contributed by atoms with Crippen LogP contribution in [0.3, 0.4) is 0 Å². The molecule has 0 aliphatic carbocycles. The Hall–Kier alpha value is -4.43. The predicted octanol–water partition coefficient (Wildman–Crippen LogP) is 6.69. The van der Waals surface area contributed by atoms with Crippen LogP contribution in [-0.4, -0.2) is 32.2 Å². The monoisotopic (exact) mass is 504 g/mol. The molecular weight excluding hydrogens is 484 g/mol. The first-order valence-electron chi connectivity index (χ1n) is 10.9. The number of methoxy groups -OCH3 is 3. The van der Waals surface area contributed by atoms with E-state index in [2.05, 4.69) is 10.3 Å². The number of anilines is 1. The van der Waals surface area contributed by atoms with Gasteiger partial charge in [-0.3, -0.25) is 4.79 Å². The molecule has 9 heteroatoms. The molecule has 5 rings (SSSR count). The summed E-state index contributed by atoms with van der Waals surface area (Å²) < 4.78 is 27.9. The second kappa shape index (κ2) is 9.67. The summed E-state index contributed by atoms with van der Waals surface area (Å²) in [6, 6.07) is 19.2. The van der Waals surface area contributed by atoms with Crippen molar-refractivity contribution in [1.29, 1.82) is 0 Å². The molecule has 0 spiro atoms. The molecule has 3 aromatic carbocycles. The van der Waals surface area contributed by atoms with Gasteiger partial charge in [0.1, 0.15) is 11.3 Å². The van der Waals surface area contributed by atoms with Gasteiger partial charge < -0.3 is 28.4 Å². The van der Waals surface area contributed by atoms with E-state index in [1.54, 1.807) is 68.8 Å². The number of benzene rings is 3. The molecule has 0 aliphatic heterocycles. The fourth-order valence-corrected chi connectivity index (χ4v) is 3.88. The van der Waals surface area contributed by atoms with Gasteiger partial charge in [0.25, 0.3) is 5.91 Å². The van der Waals surface area contributed by atoms with Gasteiger partial charge in [-0.1, -0.05) is 11.6 Å². The highest BCUT2D eigenvalue weighted by molar-refractivity contribution is 6.30. The zero-order chi connectivity index (χ0) is 25.2. The maximum absolute atomic E-state index is 12.8. The third-order valence-corrected chi connectivity index (χ3v) is 5.77. The zero-order valence-corrected chi connectivity index (χ0v) is 20.4. The van der Waals surface area contributed by atoms with Crippen LogP contribution in [0.15, 0.2) is 75.6 Å². The number of carbonyl (C=O) groups excluding carboxylic acids is 1. The zero-order valence-electron chi connectivity index (χ0n) is 19.6. The Morgan fingerprint density at radius 1 is 0.833 bits per heavy atom. The number of ether oxygens (including phenoxy) is 3. The molecular formula is C27H21ClN2O6. The van der Waals surface area contributed by atoms with E-state index in [1.165, 1.54) is 7.11 Å². The van der Waals surface area contributed by atoms with Gasteiger partial charge in [0.15, 0.2) is 22.8 Å². The normalized spacial score (nSPS) is 10.9. The number of nitrogens with one attached hydrogen (secondary N) is 1. The van der Waals surface area contributed by atoms with E-state index in [4.69, 9.17) is 34.6 Å². The average molecular weight is 505 g/mol. The molecule has 182 valence electrons. The molecule has 0 atom stereocenters. The summed E-state index contributed by atoms with van der Waals surface area (Å²) in [5, 5.41) is 3.46. The van der Waals surface area contributed by atoms with Crippen LogP contribution < -0.4 is 19.5 Å². The van der Waals surface area contributed by atoms with Crippen LogP contribution in [0.5, 0.6) is 17.2 Å². The van der Waals surface area contributed by atoms with E-state index >= 15 is 0 Å². The average Bonchev–Trinajstić information content (AvgIpc) is 3.56. The summed E-state index contributed by atoms with van der Waals surface area (Å²) in [6.07, 6.45) is 0. The number of fused-ring (bicyclic) bond motifs is 1. The van der Waals surface area contributed by atoms with Crippen molar-refractivity contribution >= 4 is 34.3 Å². The van der Waals surface area contributed by atoms with Crippen molar-refractivity contribution in [2.75, 3.05) is 26.6 Å². The van der Waals surface area contributed by atoms with Crippen LogP contribution in [0.25, 0.3) is 33.9 Å². The Labute approximate surface area is 211 Å². The Kier molecular flexibility index (Phi) is 6.26. The van der Waals surface area contributed by atoms with Gasteiger partial charge >= 0.3 is 0 Å². The summed E-state index contributed by atoms with van der Waals surface area (Å²) in [7, 11) is 4.62. The molecule has 0 unspecified atom stereocenters. The number of halogens is 1. The standard InChI is InChI=1S/C27H21ClN2O6/c1-32-23-12-16(13-24(33-2)25(23)34-3)27-30-19-14-18(8-9-21(19)36-27)29-26(31)22-11-10-20(35-22)15-4-6-17(28)7-5-15/h4-14H,1-3H3,(H,29,31). The maximum atomic E-state index is 12.8. The van der Waals surface area contributed by atoms with Crippen molar-refractivity contribution in [2.45, 2.75) is 0 Å². The Bertz CT molecular complexity index is 1530. The number of rotatable bonds is 7. The summed E-state index contributed by atoms with van der Waals surface area (Å²) in [5.41, 5.74) is 3.14. The highest BCUT2D eigenvalue weighted by Gasteiger charge is 2.18. The van der Waals surface area contributed by atoms with Crippen molar-refractivity contribution in [2.24, 2.45) is 0 Å². The SMILES string of the molecule is COc1cc(-c2nc3cc(NC(=O)c4ccc(-c5ccc(Cl)cc5)o4)ccc3o2)cc(OC)c1OC. The highest BCUT2D eigenvalue weighted by atomic mass is 35.5. The minimum Gasteiger partial charge on any atom is -0.493 e. The van der Waals surface area contributed by atoms with E-state index < -0.39 is 0 Å². The van der Waals surface area contributed by atoms with Crippen LogP contribution in [0.4, 0.5) is 5.69 Å². The summed E-state index contributed by atoms with van der Waals surface area (Å²) in [5.74, 6) is 2.17. The molecule has 0 saturated carbocycles. The van der Waals surface area contributed by atoms with Gasteiger partial charge in [-0.2, -0.15) is 0 Å². The fourth-order valence-electron chi connectivity index (χ4n) is 3.76. The first-order chi connectivity index (χ1) is 17.5. The van der Waals surface area contributed by atoms with Gasteiger partial charge in [0, 0.05) is 21.8 Å². The lowest BCUT2D eigenvalue weighted by Crippen LogP contribution is -2.10. The molecule has 0 aliphatic rings. The molecule has 5 aromatic rings. The first kappa shape index (κ1) is 23.3. The molecule has 36 heavy (non-hydrogen) atoms. The number of amides is 1. The minimum absolute atomic E-state index is 0.179. The molecule has 0 saturated heterocycles. The van der Waals surface area contributed by atoms with Crippen LogP contribution >= 0.6 is 11.6 Å². The summed E-state index contributed by atoms with van der Waals surface area (Å²) in [4.78, 5) is 17.3. The van der Waals surface area contributed by atoms with E-state index in [1.807, 2.05) is 12.1 Å². The summed E-state index contributed by atoms with van der Waals surface area (Å²) in [6.45, 7) is 0. The summed E-state index contributed by atoms with van der Waals surface area (Å²) >= 11 is 5.94. The number of nitrogens with zero attached hydrogens (tertiary/aromatic N) is 1. The minimum atomic E-state index is -0.386. The molecule has 0 bridgehead atoms. The Morgan fingerprint density at radius 2 is 1.56 bits per heavy atom. The topological polar surface area (TPSA) is 96.0 Å². The van der Waals surface area contributed by atoms with Gasteiger partial charge in [0.2, 0.25) is 11.6 Å². The number of aromatic nitrogens is 1. The van der Waals surface area contributed by atoms with Crippen molar-refractivity contribution < 1.29 is 27.8 Å². The van der Waals surface area contributed by atoms with Crippen molar-refractivity contribution in [3.8, 4) is 40.0 Å². The lowest BCUT2D eigenvalue weighted by molar-refractivity contribution is 0.0997. The second-order valence-corrected chi connectivity index (χ2v) is 8.18. The third-order valence-electron chi connectivity index (χ3n) is 5.52. The third kappa shape index (κ3) is 4.46. The van der Waals surface area contributed by atoms with Crippen LogP contribution in [0.1, 0.15) is 10.6 Å². The molecule has 0 radical (unpaired) electrons. The number of oxazole rings is 1. The first-order valence-corrected chi connectivity index (χ1v) is 11.2. The lowest BCUT2D eigenvalue weighted by atomic mass is 10.2. The molecule has 2 heterocycles. The number of carbonyl (C=O) groups is 1. The van der Waals surface area contributed by atoms with E-state index in [-0.39, 0.29) is 11.7 Å². The second-order valence-electron chi connectivity index (χ2n) is 7.74. The van der Waals surface area contributed by atoms with E-state index in [9.17, 15) is 4.79 Å². The van der Waals surface area contributed by atoms with Gasteiger partial charge in [-0.15, -0.1) is 0 Å². The highest BCUT2D eigenvalue weighted by Crippen LogP contribution is 2.41. The maximum Gasteiger partial charge on any atom is 0.291 e. The van der Waals surface area contributed by atoms with Gasteiger partial charge in [-0.05, 0) is 66.7 Å². The van der Waals surface area contributed by atoms with Gasteiger partial charge in [0.05, 0.1) is 21.3 Å². The van der Waals surface area contributed by atoms with E-state index in [0.29, 0.717) is 56.3 Å². The van der Waals surface area contributed by atoms with E-state index in [0.717, 1.165) is 5.56 Å². The molecule has 1 N–H and O–H groups in total. The van der Waals surface area contributed by atoms with Crippen molar-refractivity contribution in [3.05, 3.63) is 77.5 Å². The Morgan fingerprint density at radius 3 is 2.22 bits per heavy atom. The van der Waals surface area contributed by atoms with Crippen LogP contribution in [0, 0.1) is 0 Å². The quantitative estimate of drug-likeness (QED) is 0.264. The molecule has 1 amide bonds. The smallest absolute Gasteiger partial charge is 0.291 e. The molecule has 8 nitrogen and oxygen atoms in total. The van der Waals surface area contributed by atoms with Crippen molar-refractivity contribution in [3.63, 3.8) is 0 Å². The number of hydrogen-bond acceptors (Lipinski definition) is 7. The molecule has 0 fully saturated rings. The predicted molar refractivity (Wildman–Crippen MR) is 136 cm³/mol. The van der Waals surface area contributed by atoms with Crippen LogP contribution in [0.2, 0.25) is 5.02 Å². The largest absolute Gasteiger partial charge is 0.493 e.